The summed E-state index contributed by atoms with van der Waals surface area (Å²) in [6, 6.07) is 3.27. The van der Waals surface area contributed by atoms with Crippen LogP contribution in [0.2, 0.25) is 5.02 Å². The maximum atomic E-state index is 13.3. The zero-order chi connectivity index (χ0) is 21.4. The highest BCUT2D eigenvalue weighted by Crippen LogP contribution is 2.24. The molecule has 0 spiro atoms. The van der Waals surface area contributed by atoms with Crippen molar-refractivity contribution in [2.45, 2.75) is 23.8 Å². The second-order valence-corrected chi connectivity index (χ2v) is 12.2. The second-order valence-electron chi connectivity index (χ2n) is 7.71. The number of rotatable bonds is 5. The molecule has 2 aliphatic rings. The summed E-state index contributed by atoms with van der Waals surface area (Å²) in [7, 11) is -6.93. The fraction of sp³-hybridized carbons (Fsp3) is 0.588. The SMILES string of the molecule is C[C@@]1(NC(=O)CN2CCN(S(=O)(=O)c3ccc(F)c(Cl)c3)CC2)CCS(=O)(=O)C1. The Hall–Kier alpha value is -1.27. The maximum absolute atomic E-state index is 13.3. The first kappa shape index (κ1) is 22.4. The standard InChI is InChI=1S/C17H23ClFN3O5S2/c1-17(4-9-28(24,25)12-17)20-16(23)11-21-5-7-22(8-6-21)29(26,27)13-2-3-15(19)14(18)10-13/h2-3,10H,4-9,11-12H2,1H3,(H,20,23)/t17-/m1/s1. The number of carbonyl (C=O) groups is 1. The summed E-state index contributed by atoms with van der Waals surface area (Å²) in [5.74, 6) is -0.984. The third kappa shape index (κ3) is 5.26. The Morgan fingerprint density at radius 1 is 1.28 bits per heavy atom. The molecular weight excluding hydrogens is 445 g/mol. The lowest BCUT2D eigenvalue weighted by Gasteiger charge is -2.34. The minimum absolute atomic E-state index is 0.0614. The molecule has 3 rings (SSSR count). The maximum Gasteiger partial charge on any atom is 0.243 e. The summed E-state index contributed by atoms with van der Waals surface area (Å²) in [4.78, 5) is 14.1. The topological polar surface area (TPSA) is 104 Å². The minimum atomic E-state index is -3.81. The van der Waals surface area contributed by atoms with Crippen molar-refractivity contribution < 1.29 is 26.0 Å². The number of hydrogen-bond acceptors (Lipinski definition) is 6. The predicted molar refractivity (Wildman–Crippen MR) is 106 cm³/mol. The number of hydrogen-bond donors (Lipinski definition) is 1. The Morgan fingerprint density at radius 2 is 1.93 bits per heavy atom. The third-order valence-electron chi connectivity index (χ3n) is 5.17. The van der Waals surface area contributed by atoms with Crippen molar-refractivity contribution in [1.29, 1.82) is 0 Å². The summed E-state index contributed by atoms with van der Waals surface area (Å²) in [5.41, 5.74) is -0.761. The van der Waals surface area contributed by atoms with Crippen LogP contribution in [-0.2, 0) is 24.7 Å². The number of sulfone groups is 1. The van der Waals surface area contributed by atoms with E-state index in [2.05, 4.69) is 5.32 Å². The summed E-state index contributed by atoms with van der Waals surface area (Å²) in [5, 5.41) is 2.53. The first-order valence-electron chi connectivity index (χ1n) is 9.09. The van der Waals surface area contributed by atoms with Gasteiger partial charge in [0.05, 0.1) is 33.5 Å². The van der Waals surface area contributed by atoms with E-state index < -0.39 is 31.2 Å². The fourth-order valence-electron chi connectivity index (χ4n) is 3.60. The highest BCUT2D eigenvalue weighted by atomic mass is 35.5. The molecule has 1 amide bonds. The highest BCUT2D eigenvalue weighted by molar-refractivity contribution is 7.91. The van der Waals surface area contributed by atoms with Crippen LogP contribution < -0.4 is 5.32 Å². The first-order valence-corrected chi connectivity index (χ1v) is 12.7. The van der Waals surface area contributed by atoms with Crippen LogP contribution in [-0.4, -0.2) is 81.7 Å². The number of benzene rings is 1. The van der Waals surface area contributed by atoms with Gasteiger partial charge < -0.3 is 5.32 Å². The van der Waals surface area contributed by atoms with Crippen molar-refractivity contribution in [3.63, 3.8) is 0 Å². The molecule has 1 aromatic carbocycles. The van der Waals surface area contributed by atoms with Gasteiger partial charge in [0.25, 0.3) is 0 Å². The van der Waals surface area contributed by atoms with Gasteiger partial charge >= 0.3 is 0 Å². The summed E-state index contributed by atoms with van der Waals surface area (Å²) in [6.45, 7) is 2.82. The molecule has 2 fully saturated rings. The van der Waals surface area contributed by atoms with Crippen molar-refractivity contribution in [3.05, 3.63) is 29.0 Å². The van der Waals surface area contributed by atoms with E-state index in [4.69, 9.17) is 11.6 Å². The van der Waals surface area contributed by atoms with E-state index in [1.807, 2.05) is 4.90 Å². The Bertz CT molecular complexity index is 1010. The molecule has 0 unspecified atom stereocenters. The van der Waals surface area contributed by atoms with Crippen LogP contribution in [0, 0.1) is 5.82 Å². The van der Waals surface area contributed by atoms with Crippen molar-refractivity contribution in [2.24, 2.45) is 0 Å². The van der Waals surface area contributed by atoms with Crippen molar-refractivity contribution in [3.8, 4) is 0 Å². The van der Waals surface area contributed by atoms with Crippen molar-refractivity contribution >= 4 is 37.4 Å². The molecule has 1 atom stereocenters. The van der Waals surface area contributed by atoms with Gasteiger partial charge in [0.15, 0.2) is 9.84 Å². The van der Waals surface area contributed by atoms with Crippen molar-refractivity contribution in [2.75, 3.05) is 44.2 Å². The van der Waals surface area contributed by atoms with Gasteiger partial charge in [-0.2, -0.15) is 4.31 Å². The summed E-state index contributed by atoms with van der Waals surface area (Å²) >= 11 is 5.69. The Labute approximate surface area is 175 Å². The number of nitrogens with one attached hydrogen (secondary N) is 1. The Balaban J connectivity index is 1.55. The number of halogens is 2. The molecule has 0 aliphatic carbocycles. The predicted octanol–water partition coefficient (Wildman–Crippen LogP) is 0.479. The molecule has 1 aromatic rings. The van der Waals surface area contributed by atoms with E-state index in [9.17, 15) is 26.0 Å². The van der Waals surface area contributed by atoms with Crippen molar-refractivity contribution in [1.82, 2.24) is 14.5 Å². The normalized spacial score (nSPS) is 25.8. The summed E-state index contributed by atoms with van der Waals surface area (Å²) < 4.78 is 63.3. The molecule has 0 radical (unpaired) electrons. The lowest BCUT2D eigenvalue weighted by atomic mass is 10.0. The van der Waals surface area contributed by atoms with E-state index >= 15 is 0 Å². The summed E-state index contributed by atoms with van der Waals surface area (Å²) in [6.07, 6.45) is 0.382. The minimum Gasteiger partial charge on any atom is -0.349 e. The molecule has 8 nitrogen and oxygen atoms in total. The van der Waals surface area contributed by atoms with Gasteiger partial charge in [-0.25, -0.2) is 21.2 Å². The van der Waals surface area contributed by atoms with E-state index in [-0.39, 0.29) is 47.0 Å². The first-order chi connectivity index (χ1) is 13.4. The Morgan fingerprint density at radius 3 is 2.48 bits per heavy atom. The number of carbonyl (C=O) groups excluding carboxylic acids is 1. The Kier molecular flexibility index (Phi) is 6.26. The molecule has 29 heavy (non-hydrogen) atoms. The zero-order valence-electron chi connectivity index (χ0n) is 15.9. The van der Waals surface area contributed by atoms with Crippen LogP contribution in [0.4, 0.5) is 4.39 Å². The molecule has 2 aliphatic heterocycles. The average molecular weight is 468 g/mol. The molecule has 0 aromatic heterocycles. The molecule has 0 bridgehead atoms. The van der Waals surface area contributed by atoms with E-state index in [1.54, 1.807) is 6.92 Å². The fourth-order valence-corrected chi connectivity index (χ4v) is 7.39. The average Bonchev–Trinajstić information content (AvgIpc) is 2.90. The molecular formula is C17H23ClFN3O5S2. The molecule has 12 heteroatoms. The number of amides is 1. The largest absolute Gasteiger partial charge is 0.349 e. The van der Waals surface area contributed by atoms with Crippen LogP contribution in [0.1, 0.15) is 13.3 Å². The quantitative estimate of drug-likeness (QED) is 0.675. The third-order valence-corrected chi connectivity index (χ3v) is 9.26. The van der Waals surface area contributed by atoms with Crippen LogP contribution in [0.5, 0.6) is 0 Å². The van der Waals surface area contributed by atoms with Crippen LogP contribution >= 0.6 is 11.6 Å². The molecule has 2 heterocycles. The van der Waals surface area contributed by atoms with Crippen LogP contribution in [0.25, 0.3) is 0 Å². The molecule has 2 saturated heterocycles. The van der Waals surface area contributed by atoms with Gasteiger partial charge in [0.2, 0.25) is 15.9 Å². The van der Waals surface area contributed by atoms with E-state index in [0.29, 0.717) is 19.5 Å². The van der Waals surface area contributed by atoms with Gasteiger partial charge in [-0.05, 0) is 31.5 Å². The second kappa shape index (κ2) is 8.10. The zero-order valence-corrected chi connectivity index (χ0v) is 18.3. The van der Waals surface area contributed by atoms with Crippen LogP contribution in [0.3, 0.4) is 0 Å². The van der Waals surface area contributed by atoms with Gasteiger partial charge in [0.1, 0.15) is 5.82 Å². The van der Waals surface area contributed by atoms with Gasteiger partial charge in [-0.15, -0.1) is 0 Å². The van der Waals surface area contributed by atoms with Crippen LogP contribution in [0.15, 0.2) is 23.1 Å². The number of piperazine rings is 1. The molecule has 0 saturated carbocycles. The van der Waals surface area contributed by atoms with Gasteiger partial charge in [-0.1, -0.05) is 11.6 Å². The number of sulfonamides is 1. The monoisotopic (exact) mass is 467 g/mol. The molecule has 162 valence electrons. The lowest BCUT2D eigenvalue weighted by molar-refractivity contribution is -0.124. The molecule has 1 N–H and O–H groups in total. The van der Waals surface area contributed by atoms with Gasteiger partial charge in [-0.3, -0.25) is 9.69 Å². The van der Waals surface area contributed by atoms with E-state index in [0.717, 1.165) is 12.1 Å². The number of nitrogens with zero attached hydrogens (tertiary/aromatic N) is 2. The van der Waals surface area contributed by atoms with Gasteiger partial charge in [0, 0.05) is 26.2 Å². The smallest absolute Gasteiger partial charge is 0.243 e. The lowest BCUT2D eigenvalue weighted by Crippen LogP contribution is -2.54. The highest BCUT2D eigenvalue weighted by Gasteiger charge is 2.39. The van der Waals surface area contributed by atoms with E-state index in [1.165, 1.54) is 10.4 Å².